The summed E-state index contributed by atoms with van der Waals surface area (Å²) in [7, 11) is 0. The third kappa shape index (κ3) is 4.17. The smallest absolute Gasteiger partial charge is 0.343 e. The lowest BCUT2D eigenvalue weighted by molar-refractivity contribution is 0.0527. The highest BCUT2D eigenvalue weighted by Gasteiger charge is 2.36. The number of carbonyl (C=O) groups excluding carboxylic acids is 1. The lowest BCUT2D eigenvalue weighted by Gasteiger charge is -2.40. The molecule has 1 N–H and O–H groups in total. The summed E-state index contributed by atoms with van der Waals surface area (Å²) >= 11 is 0. The number of esters is 1. The standard InChI is InChI=1S/C22H35N3O2/c1-2-27-22(26)19-15-23-25-18(13-16-9-5-3-6-10-16)14-20(24-21(19)25)17-11-7-4-8-12-17/h15-18,20,24H,2-14H2,1H3. The van der Waals surface area contributed by atoms with E-state index in [9.17, 15) is 4.79 Å². The predicted octanol–water partition coefficient (Wildman–Crippen LogP) is 5.34. The van der Waals surface area contributed by atoms with Gasteiger partial charge in [-0.25, -0.2) is 9.48 Å². The zero-order valence-electron chi connectivity index (χ0n) is 16.8. The number of nitrogens with one attached hydrogen (secondary N) is 1. The molecule has 0 spiro atoms. The lowest BCUT2D eigenvalue weighted by Crippen LogP contribution is -2.39. The first kappa shape index (κ1) is 18.8. The van der Waals surface area contributed by atoms with E-state index in [4.69, 9.17) is 4.74 Å². The molecule has 0 radical (unpaired) electrons. The maximum atomic E-state index is 12.4. The van der Waals surface area contributed by atoms with Crippen LogP contribution < -0.4 is 5.32 Å². The molecule has 1 aliphatic heterocycles. The Morgan fingerprint density at radius 3 is 2.56 bits per heavy atom. The number of aromatic nitrogens is 2. The molecule has 2 heterocycles. The van der Waals surface area contributed by atoms with Crippen LogP contribution in [0.1, 0.15) is 100 Å². The van der Waals surface area contributed by atoms with E-state index in [0.29, 0.717) is 24.3 Å². The number of ether oxygens (including phenoxy) is 1. The Hall–Kier alpha value is -1.52. The van der Waals surface area contributed by atoms with Gasteiger partial charge in [-0.3, -0.25) is 0 Å². The minimum atomic E-state index is -0.244. The van der Waals surface area contributed by atoms with Crippen LogP contribution in [0.15, 0.2) is 6.20 Å². The molecular formula is C22H35N3O2. The van der Waals surface area contributed by atoms with Gasteiger partial charge in [0, 0.05) is 6.04 Å². The van der Waals surface area contributed by atoms with Crippen molar-refractivity contribution in [2.24, 2.45) is 11.8 Å². The molecule has 27 heavy (non-hydrogen) atoms. The molecule has 1 aromatic heterocycles. The largest absolute Gasteiger partial charge is 0.462 e. The van der Waals surface area contributed by atoms with Gasteiger partial charge in [-0.05, 0) is 44.4 Å². The highest BCUT2D eigenvalue weighted by Crippen LogP contribution is 2.41. The van der Waals surface area contributed by atoms with Gasteiger partial charge >= 0.3 is 5.97 Å². The number of anilines is 1. The fourth-order valence-corrected chi connectivity index (χ4v) is 5.62. The van der Waals surface area contributed by atoms with Crippen LogP contribution in [0.4, 0.5) is 5.82 Å². The minimum absolute atomic E-state index is 0.244. The van der Waals surface area contributed by atoms with Crippen LogP contribution in [0.3, 0.4) is 0 Å². The molecular weight excluding hydrogens is 338 g/mol. The zero-order valence-corrected chi connectivity index (χ0v) is 16.8. The van der Waals surface area contributed by atoms with Gasteiger partial charge in [0.05, 0.1) is 18.8 Å². The Bertz CT molecular complexity index is 630. The van der Waals surface area contributed by atoms with E-state index in [1.54, 1.807) is 6.20 Å². The van der Waals surface area contributed by atoms with E-state index in [0.717, 1.165) is 24.1 Å². The lowest BCUT2D eigenvalue weighted by atomic mass is 9.78. The van der Waals surface area contributed by atoms with E-state index >= 15 is 0 Å². The SMILES string of the molecule is CCOC(=O)c1cnn2c1NC(C1CCCCC1)CC2CC1CCCCC1. The summed E-state index contributed by atoms with van der Waals surface area (Å²) in [6, 6.07) is 0.885. The first-order valence-electron chi connectivity index (χ1n) is 11.3. The second kappa shape index (κ2) is 8.66. The van der Waals surface area contributed by atoms with Gasteiger partial charge in [-0.2, -0.15) is 5.10 Å². The molecule has 0 aromatic carbocycles. The first-order valence-corrected chi connectivity index (χ1v) is 11.3. The van der Waals surface area contributed by atoms with E-state index in [2.05, 4.69) is 15.1 Å². The van der Waals surface area contributed by atoms with Crippen molar-refractivity contribution in [1.82, 2.24) is 9.78 Å². The van der Waals surface area contributed by atoms with Gasteiger partial charge in [-0.15, -0.1) is 0 Å². The van der Waals surface area contributed by atoms with Gasteiger partial charge < -0.3 is 10.1 Å². The van der Waals surface area contributed by atoms with Crippen molar-refractivity contribution in [2.45, 2.75) is 96.1 Å². The maximum absolute atomic E-state index is 12.4. The summed E-state index contributed by atoms with van der Waals surface area (Å²) in [5, 5.41) is 8.36. The van der Waals surface area contributed by atoms with E-state index in [1.807, 2.05) is 6.92 Å². The van der Waals surface area contributed by atoms with Gasteiger partial charge in [-0.1, -0.05) is 51.4 Å². The van der Waals surface area contributed by atoms with Crippen LogP contribution in [-0.4, -0.2) is 28.4 Å². The average Bonchev–Trinajstić information content (AvgIpc) is 3.14. The molecule has 4 rings (SSSR count). The predicted molar refractivity (Wildman–Crippen MR) is 107 cm³/mol. The van der Waals surface area contributed by atoms with Crippen LogP contribution in [0.5, 0.6) is 0 Å². The minimum Gasteiger partial charge on any atom is -0.462 e. The summed E-state index contributed by atoms with van der Waals surface area (Å²) in [4.78, 5) is 12.4. The van der Waals surface area contributed by atoms with Crippen LogP contribution in [0.25, 0.3) is 0 Å². The van der Waals surface area contributed by atoms with Crippen LogP contribution in [0.2, 0.25) is 0 Å². The average molecular weight is 374 g/mol. The van der Waals surface area contributed by atoms with Crippen molar-refractivity contribution in [3.8, 4) is 0 Å². The zero-order chi connectivity index (χ0) is 18.6. The van der Waals surface area contributed by atoms with Crippen LogP contribution in [0, 0.1) is 11.8 Å². The Morgan fingerprint density at radius 1 is 1.15 bits per heavy atom. The van der Waals surface area contributed by atoms with Gasteiger partial charge in [0.1, 0.15) is 11.4 Å². The highest BCUT2D eigenvalue weighted by molar-refractivity contribution is 5.94. The Labute approximate surface area is 163 Å². The third-order valence-electron chi connectivity index (χ3n) is 7.03. The fraction of sp³-hybridized carbons (Fsp3) is 0.818. The van der Waals surface area contributed by atoms with Gasteiger partial charge in [0.25, 0.3) is 0 Å². The molecule has 0 amide bonds. The molecule has 5 nitrogen and oxygen atoms in total. The van der Waals surface area contributed by atoms with Crippen molar-refractivity contribution in [3.63, 3.8) is 0 Å². The second-order valence-electron chi connectivity index (χ2n) is 8.85. The van der Waals surface area contributed by atoms with Crippen molar-refractivity contribution >= 4 is 11.8 Å². The fourth-order valence-electron chi connectivity index (χ4n) is 5.62. The summed E-state index contributed by atoms with van der Waals surface area (Å²) in [5.74, 6) is 2.21. The van der Waals surface area contributed by atoms with Crippen molar-refractivity contribution in [3.05, 3.63) is 11.8 Å². The molecule has 2 atom stereocenters. The van der Waals surface area contributed by atoms with Gasteiger partial charge in [0.15, 0.2) is 0 Å². The first-order chi connectivity index (χ1) is 13.3. The van der Waals surface area contributed by atoms with Crippen molar-refractivity contribution in [1.29, 1.82) is 0 Å². The molecule has 2 saturated carbocycles. The Balaban J connectivity index is 1.57. The number of fused-ring (bicyclic) bond motifs is 1. The van der Waals surface area contributed by atoms with Crippen LogP contribution in [-0.2, 0) is 4.74 Å². The molecule has 3 aliphatic rings. The number of hydrogen-bond acceptors (Lipinski definition) is 4. The van der Waals surface area contributed by atoms with Gasteiger partial charge in [0.2, 0.25) is 0 Å². The topological polar surface area (TPSA) is 56.1 Å². The molecule has 1 aromatic rings. The number of nitrogens with zero attached hydrogens (tertiary/aromatic N) is 2. The van der Waals surface area contributed by atoms with E-state index in [-0.39, 0.29) is 5.97 Å². The molecule has 0 saturated heterocycles. The summed E-state index contributed by atoms with van der Waals surface area (Å²) in [6.45, 7) is 2.26. The van der Waals surface area contributed by atoms with Crippen molar-refractivity contribution in [2.75, 3.05) is 11.9 Å². The van der Waals surface area contributed by atoms with E-state index in [1.165, 1.54) is 70.6 Å². The molecule has 150 valence electrons. The molecule has 2 aliphatic carbocycles. The maximum Gasteiger partial charge on any atom is 0.343 e. The third-order valence-corrected chi connectivity index (χ3v) is 7.03. The molecule has 2 fully saturated rings. The van der Waals surface area contributed by atoms with Crippen LogP contribution >= 0.6 is 0 Å². The normalized spacial score (nSPS) is 27.0. The summed E-state index contributed by atoms with van der Waals surface area (Å²) in [5.41, 5.74) is 0.617. The number of hydrogen-bond donors (Lipinski definition) is 1. The second-order valence-corrected chi connectivity index (χ2v) is 8.85. The Morgan fingerprint density at radius 2 is 1.85 bits per heavy atom. The summed E-state index contributed by atoms with van der Waals surface area (Å²) in [6.07, 6.45) is 17.7. The monoisotopic (exact) mass is 373 g/mol. The highest BCUT2D eigenvalue weighted by atomic mass is 16.5. The number of carbonyl (C=O) groups is 1. The molecule has 2 unspecified atom stereocenters. The Kier molecular flexibility index (Phi) is 6.04. The molecule has 5 heteroatoms. The number of rotatable bonds is 5. The van der Waals surface area contributed by atoms with E-state index < -0.39 is 0 Å². The molecule has 0 bridgehead atoms. The summed E-state index contributed by atoms with van der Waals surface area (Å²) < 4.78 is 7.40. The van der Waals surface area contributed by atoms with Crippen molar-refractivity contribution < 1.29 is 9.53 Å². The quantitative estimate of drug-likeness (QED) is 0.708.